The zero-order valence-electron chi connectivity index (χ0n) is 14.6. The summed E-state index contributed by atoms with van der Waals surface area (Å²) in [7, 11) is 1.52. The fourth-order valence-corrected chi connectivity index (χ4v) is 2.94. The van der Waals surface area contributed by atoms with E-state index in [-0.39, 0.29) is 18.1 Å². The molecule has 0 fully saturated rings. The van der Waals surface area contributed by atoms with E-state index in [4.69, 9.17) is 4.74 Å². The highest BCUT2D eigenvalue weighted by atomic mass is 19.1. The van der Waals surface area contributed by atoms with Gasteiger partial charge in [0.2, 0.25) is 0 Å². The fraction of sp³-hybridized carbons (Fsp3) is 0.100. The largest absolute Gasteiger partial charge is 0.497 e. The molecular weight excluding hydrogens is 347 g/mol. The van der Waals surface area contributed by atoms with Crippen LogP contribution in [-0.4, -0.2) is 26.4 Å². The molecule has 0 unspecified atom stereocenters. The van der Waals surface area contributed by atoms with Gasteiger partial charge in [-0.2, -0.15) is 5.10 Å². The zero-order chi connectivity index (χ0) is 18.8. The van der Waals surface area contributed by atoms with Crippen LogP contribution in [0, 0.1) is 5.82 Å². The summed E-state index contributed by atoms with van der Waals surface area (Å²) < 4.78 is 22.2. The van der Waals surface area contributed by atoms with Crippen LogP contribution >= 0.6 is 0 Å². The van der Waals surface area contributed by atoms with E-state index in [1.54, 1.807) is 36.9 Å². The number of rotatable bonds is 5. The molecule has 4 rings (SSSR count). The maximum atomic E-state index is 14.0. The Hall–Kier alpha value is -3.61. The molecule has 0 spiro atoms. The quantitative estimate of drug-likeness (QED) is 0.591. The molecule has 0 saturated carbocycles. The third-order valence-corrected chi connectivity index (χ3v) is 4.42. The minimum Gasteiger partial charge on any atom is -0.497 e. The lowest BCUT2D eigenvalue weighted by molar-refractivity contribution is 0.412. The summed E-state index contributed by atoms with van der Waals surface area (Å²) in [6, 6.07) is 12.1. The molecule has 136 valence electrons. The molecule has 0 saturated heterocycles. The molecule has 6 nitrogen and oxygen atoms in total. The van der Waals surface area contributed by atoms with Crippen molar-refractivity contribution in [2.45, 2.75) is 6.54 Å². The smallest absolute Gasteiger partial charge is 0.333 e. The number of hydrogen-bond acceptors (Lipinski definition) is 3. The molecule has 0 radical (unpaired) electrons. The number of hydrogen-bond donors (Lipinski definition) is 1. The van der Waals surface area contributed by atoms with E-state index in [1.165, 1.54) is 22.3 Å². The first-order chi connectivity index (χ1) is 13.2. The lowest BCUT2D eigenvalue weighted by atomic mass is 10.1. The van der Waals surface area contributed by atoms with Crippen molar-refractivity contribution in [3.05, 3.63) is 89.1 Å². The van der Waals surface area contributed by atoms with Crippen molar-refractivity contribution >= 4 is 0 Å². The van der Waals surface area contributed by atoms with Crippen LogP contribution in [0.2, 0.25) is 0 Å². The van der Waals surface area contributed by atoms with E-state index in [1.807, 2.05) is 24.3 Å². The van der Waals surface area contributed by atoms with Gasteiger partial charge in [0.1, 0.15) is 11.6 Å². The monoisotopic (exact) mass is 364 g/mol. The number of aromatic nitrogens is 4. The van der Waals surface area contributed by atoms with Crippen LogP contribution in [-0.2, 0) is 6.54 Å². The number of methoxy groups -OCH3 is 1. The molecule has 0 aliphatic heterocycles. The van der Waals surface area contributed by atoms with Crippen LogP contribution in [0.5, 0.6) is 5.75 Å². The van der Waals surface area contributed by atoms with E-state index in [2.05, 4.69) is 10.2 Å². The van der Waals surface area contributed by atoms with Gasteiger partial charge in [-0.15, -0.1) is 0 Å². The molecule has 27 heavy (non-hydrogen) atoms. The maximum absolute atomic E-state index is 14.0. The summed E-state index contributed by atoms with van der Waals surface area (Å²) in [4.78, 5) is 12.7. The Kier molecular flexibility index (Phi) is 4.33. The zero-order valence-corrected chi connectivity index (χ0v) is 14.6. The highest BCUT2D eigenvalue weighted by Gasteiger charge is 2.10. The van der Waals surface area contributed by atoms with E-state index >= 15 is 0 Å². The summed E-state index contributed by atoms with van der Waals surface area (Å²) in [5.41, 5.74) is 2.85. The lowest BCUT2D eigenvalue weighted by Gasteiger charge is -2.07. The van der Waals surface area contributed by atoms with Gasteiger partial charge in [-0.3, -0.25) is 14.2 Å². The number of nitrogens with one attached hydrogen (secondary N) is 1. The second-order valence-corrected chi connectivity index (χ2v) is 6.07. The van der Waals surface area contributed by atoms with Crippen LogP contribution in [0.15, 0.2) is 72.0 Å². The highest BCUT2D eigenvalue weighted by Crippen LogP contribution is 2.20. The van der Waals surface area contributed by atoms with E-state index < -0.39 is 0 Å². The maximum Gasteiger partial charge on any atom is 0.333 e. The van der Waals surface area contributed by atoms with Gasteiger partial charge in [0, 0.05) is 29.7 Å². The topological polar surface area (TPSA) is 64.8 Å². The first-order valence-corrected chi connectivity index (χ1v) is 8.35. The first-order valence-electron chi connectivity index (χ1n) is 8.35. The van der Waals surface area contributed by atoms with Gasteiger partial charge < -0.3 is 4.74 Å². The van der Waals surface area contributed by atoms with E-state index in [0.717, 1.165) is 16.8 Å². The number of ether oxygens (including phenoxy) is 1. The van der Waals surface area contributed by atoms with Crippen molar-refractivity contribution in [3.63, 3.8) is 0 Å². The van der Waals surface area contributed by atoms with Crippen LogP contribution in [0.1, 0.15) is 5.56 Å². The third kappa shape index (κ3) is 3.27. The van der Waals surface area contributed by atoms with Crippen LogP contribution < -0.4 is 10.4 Å². The van der Waals surface area contributed by atoms with E-state index in [9.17, 15) is 9.18 Å². The van der Waals surface area contributed by atoms with Gasteiger partial charge in [-0.25, -0.2) is 9.18 Å². The minimum atomic E-state index is -0.375. The van der Waals surface area contributed by atoms with Crippen molar-refractivity contribution in [2.24, 2.45) is 0 Å². The Morgan fingerprint density at radius 3 is 2.63 bits per heavy atom. The molecule has 7 heteroatoms. The average molecular weight is 364 g/mol. The van der Waals surface area contributed by atoms with Crippen molar-refractivity contribution < 1.29 is 9.13 Å². The lowest BCUT2D eigenvalue weighted by Crippen LogP contribution is -2.23. The molecule has 2 aromatic heterocycles. The molecule has 0 amide bonds. The van der Waals surface area contributed by atoms with Gasteiger partial charge in [0.15, 0.2) is 0 Å². The minimum absolute atomic E-state index is 0.127. The summed E-state index contributed by atoms with van der Waals surface area (Å²) in [5, 5.41) is 6.71. The molecule has 2 aromatic carbocycles. The molecule has 0 bridgehead atoms. The summed E-state index contributed by atoms with van der Waals surface area (Å²) >= 11 is 0. The highest BCUT2D eigenvalue weighted by molar-refractivity contribution is 5.62. The van der Waals surface area contributed by atoms with Crippen LogP contribution in [0.4, 0.5) is 4.39 Å². The number of H-pyrrole nitrogens is 1. The number of nitrogens with zero attached hydrogens (tertiary/aromatic N) is 3. The predicted octanol–water partition coefficient (Wildman–Crippen LogP) is 3.23. The van der Waals surface area contributed by atoms with Crippen LogP contribution in [0.25, 0.3) is 16.8 Å². The Morgan fingerprint density at radius 1 is 1.11 bits per heavy atom. The van der Waals surface area contributed by atoms with Gasteiger partial charge in [-0.1, -0.05) is 12.1 Å². The second kappa shape index (κ2) is 6.95. The van der Waals surface area contributed by atoms with Gasteiger partial charge in [-0.05, 0) is 35.9 Å². The third-order valence-electron chi connectivity index (χ3n) is 4.42. The molecule has 1 N–H and O–H groups in total. The number of imidazole rings is 1. The summed E-state index contributed by atoms with van der Waals surface area (Å²) in [6.07, 6.45) is 6.86. The van der Waals surface area contributed by atoms with Crippen molar-refractivity contribution in [2.75, 3.05) is 7.11 Å². The molecule has 0 aliphatic rings. The van der Waals surface area contributed by atoms with Gasteiger partial charge >= 0.3 is 5.69 Å². The Bertz CT molecular complexity index is 1110. The standard InChI is InChI=1S/C20H17FN4O2/c1-27-18-6-7-19(21)15(10-18)13-24-8-9-25(20(24)26)17-4-2-14(3-5-17)16-11-22-23-12-16/h2-12H,13H2,1H3,(H,22,23). The number of aromatic amines is 1. The fourth-order valence-electron chi connectivity index (χ4n) is 2.94. The molecule has 0 aliphatic carbocycles. The Morgan fingerprint density at radius 2 is 1.93 bits per heavy atom. The van der Waals surface area contributed by atoms with Gasteiger partial charge in [0.25, 0.3) is 0 Å². The van der Waals surface area contributed by atoms with E-state index in [0.29, 0.717) is 11.3 Å². The Balaban J connectivity index is 1.62. The first kappa shape index (κ1) is 16.8. The van der Waals surface area contributed by atoms with Crippen molar-refractivity contribution in [3.8, 4) is 22.6 Å². The second-order valence-electron chi connectivity index (χ2n) is 6.07. The summed E-state index contributed by atoms with van der Waals surface area (Å²) in [5.74, 6) is 0.175. The number of benzene rings is 2. The van der Waals surface area contributed by atoms with Crippen LogP contribution in [0.3, 0.4) is 0 Å². The van der Waals surface area contributed by atoms with Crippen molar-refractivity contribution in [1.82, 2.24) is 19.3 Å². The predicted molar refractivity (Wildman–Crippen MR) is 99.7 cm³/mol. The SMILES string of the molecule is COc1ccc(F)c(Cn2ccn(-c3ccc(-c4cn[nH]c4)cc3)c2=O)c1. The number of halogens is 1. The molecule has 0 atom stereocenters. The Labute approximate surface area is 154 Å². The summed E-state index contributed by atoms with van der Waals surface area (Å²) in [6.45, 7) is 0.127. The van der Waals surface area contributed by atoms with Crippen molar-refractivity contribution in [1.29, 1.82) is 0 Å². The molecular formula is C20H17FN4O2. The normalized spacial score (nSPS) is 10.9. The molecule has 2 heterocycles. The van der Waals surface area contributed by atoms with Gasteiger partial charge in [0.05, 0.1) is 25.5 Å². The molecule has 4 aromatic rings. The average Bonchev–Trinajstić information content (AvgIpc) is 3.35.